The minimum Gasteiger partial charge on any atom is -0.482 e. The van der Waals surface area contributed by atoms with E-state index >= 15 is 0 Å². The van der Waals surface area contributed by atoms with Gasteiger partial charge in [0.1, 0.15) is 5.75 Å². The Hall–Kier alpha value is -2.05. The molecule has 2 rings (SSSR count). The molecule has 0 saturated heterocycles. The van der Waals surface area contributed by atoms with Crippen LogP contribution in [0.3, 0.4) is 0 Å². The highest BCUT2D eigenvalue weighted by Crippen LogP contribution is 2.24. The summed E-state index contributed by atoms with van der Waals surface area (Å²) in [5.74, 6) is -1.18. The molecule has 0 heterocycles. The van der Waals surface area contributed by atoms with Crippen LogP contribution in [-0.4, -0.2) is 26.1 Å². The molecule has 0 aliphatic rings. The monoisotopic (exact) mass is 340 g/mol. The van der Waals surface area contributed by atoms with E-state index in [2.05, 4.69) is 0 Å². The molecule has 2 aromatic carbocycles. The summed E-state index contributed by atoms with van der Waals surface area (Å²) in [5.41, 5.74) is 0.402. The summed E-state index contributed by atoms with van der Waals surface area (Å²) in [4.78, 5) is 10.7. The first-order valence-electron chi connectivity index (χ1n) is 6.29. The first-order valence-corrected chi connectivity index (χ1v) is 8.32. The molecule has 0 bridgehead atoms. The molecule has 0 radical (unpaired) electrons. The van der Waals surface area contributed by atoms with Crippen molar-refractivity contribution in [1.29, 1.82) is 0 Å². The van der Waals surface area contributed by atoms with Crippen molar-refractivity contribution in [3.8, 4) is 5.75 Å². The molecule has 1 N–H and O–H groups in total. The lowest BCUT2D eigenvalue weighted by molar-refractivity contribution is -0.139. The second-order valence-corrected chi connectivity index (χ2v) is 6.93. The third-order valence-corrected chi connectivity index (χ3v) is 4.78. The quantitative estimate of drug-likeness (QED) is 0.874. The van der Waals surface area contributed by atoms with Crippen LogP contribution in [0.4, 0.5) is 0 Å². The average Bonchev–Trinajstić information content (AvgIpc) is 2.46. The summed E-state index contributed by atoms with van der Waals surface area (Å²) in [6.07, 6.45) is 0. The Morgan fingerprint density at radius 2 is 1.73 bits per heavy atom. The number of benzene rings is 2. The summed E-state index contributed by atoms with van der Waals surface area (Å²) in [7, 11) is -3.58. The Bertz CT molecular complexity index is 769. The number of carboxylic acids is 1. The lowest BCUT2D eigenvalue weighted by atomic mass is 10.2. The highest BCUT2D eigenvalue weighted by molar-refractivity contribution is 7.90. The summed E-state index contributed by atoms with van der Waals surface area (Å²) in [5, 5.41) is 9.09. The van der Waals surface area contributed by atoms with Gasteiger partial charge in [0.15, 0.2) is 16.4 Å². The molecule has 0 unspecified atom stereocenters. The van der Waals surface area contributed by atoms with Crippen LogP contribution < -0.4 is 4.74 Å². The first kappa shape index (κ1) is 16.3. The van der Waals surface area contributed by atoms with Crippen LogP contribution in [-0.2, 0) is 20.4 Å². The van der Waals surface area contributed by atoms with Crippen molar-refractivity contribution >= 4 is 27.4 Å². The van der Waals surface area contributed by atoms with E-state index in [-0.39, 0.29) is 16.4 Å². The second kappa shape index (κ2) is 6.81. The van der Waals surface area contributed by atoms with Gasteiger partial charge < -0.3 is 9.84 Å². The number of carbonyl (C=O) groups is 1. The van der Waals surface area contributed by atoms with Crippen LogP contribution >= 0.6 is 11.6 Å². The van der Waals surface area contributed by atoms with E-state index in [4.69, 9.17) is 21.4 Å². The van der Waals surface area contributed by atoms with Crippen LogP contribution in [0, 0.1) is 0 Å². The van der Waals surface area contributed by atoms with E-state index in [9.17, 15) is 13.2 Å². The lowest BCUT2D eigenvalue weighted by Crippen LogP contribution is -2.12. The number of halogens is 1. The molecule has 0 aliphatic carbocycles. The molecule has 22 heavy (non-hydrogen) atoms. The maximum Gasteiger partial charge on any atom is 0.341 e. The zero-order chi connectivity index (χ0) is 16.2. The minimum absolute atomic E-state index is 0.143. The second-order valence-electron chi connectivity index (χ2n) is 4.50. The Morgan fingerprint density at radius 3 is 2.36 bits per heavy atom. The molecule has 0 fully saturated rings. The fraction of sp³-hybridized carbons (Fsp3) is 0.133. The Morgan fingerprint density at radius 1 is 1.09 bits per heavy atom. The molecule has 7 heteroatoms. The SMILES string of the molecule is O=C(O)COc1ccccc1CS(=O)(=O)c1ccc(Cl)cc1. The van der Waals surface area contributed by atoms with Crippen LogP contribution in [0.5, 0.6) is 5.75 Å². The number of ether oxygens (including phenoxy) is 1. The van der Waals surface area contributed by atoms with E-state index in [0.717, 1.165) is 0 Å². The van der Waals surface area contributed by atoms with Gasteiger partial charge in [0, 0.05) is 10.6 Å². The first-order chi connectivity index (χ1) is 10.4. The zero-order valence-corrected chi connectivity index (χ0v) is 13.0. The normalized spacial score (nSPS) is 11.1. The summed E-state index contributed by atoms with van der Waals surface area (Å²) in [6.45, 7) is -0.530. The minimum atomic E-state index is -3.58. The van der Waals surface area contributed by atoms with E-state index in [1.165, 1.54) is 30.3 Å². The van der Waals surface area contributed by atoms with Crippen LogP contribution in [0.25, 0.3) is 0 Å². The molecular weight excluding hydrogens is 328 g/mol. The van der Waals surface area contributed by atoms with Gasteiger partial charge in [-0.2, -0.15) is 0 Å². The molecular formula is C15H13ClO5S. The van der Waals surface area contributed by atoms with Crippen LogP contribution in [0.1, 0.15) is 5.56 Å². The number of hydrogen-bond acceptors (Lipinski definition) is 4. The van der Waals surface area contributed by atoms with Crippen molar-refractivity contribution in [1.82, 2.24) is 0 Å². The molecule has 0 aromatic heterocycles. The van der Waals surface area contributed by atoms with Gasteiger partial charge in [-0.05, 0) is 30.3 Å². The molecule has 2 aromatic rings. The van der Waals surface area contributed by atoms with Crippen molar-refractivity contribution < 1.29 is 23.1 Å². The van der Waals surface area contributed by atoms with Gasteiger partial charge in [-0.1, -0.05) is 29.8 Å². The zero-order valence-electron chi connectivity index (χ0n) is 11.4. The summed E-state index contributed by atoms with van der Waals surface area (Å²) in [6, 6.07) is 12.3. The standard InChI is InChI=1S/C15H13ClO5S/c16-12-5-7-13(8-6-12)22(19,20)10-11-3-1-2-4-14(11)21-9-15(17)18/h1-8H,9-10H2,(H,17,18). The third-order valence-electron chi connectivity index (χ3n) is 2.84. The van der Waals surface area contributed by atoms with Crippen molar-refractivity contribution in [3.05, 3.63) is 59.1 Å². The molecule has 0 spiro atoms. The number of sulfone groups is 1. The Kier molecular flexibility index (Phi) is 5.05. The number of para-hydroxylation sites is 1. The molecule has 5 nitrogen and oxygen atoms in total. The van der Waals surface area contributed by atoms with Crippen molar-refractivity contribution in [2.75, 3.05) is 6.61 Å². The van der Waals surface area contributed by atoms with Crippen LogP contribution in [0.2, 0.25) is 5.02 Å². The van der Waals surface area contributed by atoms with Gasteiger partial charge in [0.25, 0.3) is 0 Å². The number of rotatable bonds is 6. The largest absolute Gasteiger partial charge is 0.482 e. The van der Waals surface area contributed by atoms with E-state index in [1.54, 1.807) is 18.2 Å². The van der Waals surface area contributed by atoms with Crippen molar-refractivity contribution in [3.63, 3.8) is 0 Å². The van der Waals surface area contributed by atoms with E-state index < -0.39 is 22.4 Å². The maximum atomic E-state index is 12.4. The summed E-state index contributed by atoms with van der Waals surface area (Å²) >= 11 is 5.75. The molecule has 0 amide bonds. The van der Waals surface area contributed by atoms with E-state index in [0.29, 0.717) is 10.6 Å². The van der Waals surface area contributed by atoms with Crippen LogP contribution in [0.15, 0.2) is 53.4 Å². The predicted molar refractivity (Wildman–Crippen MR) is 81.9 cm³/mol. The van der Waals surface area contributed by atoms with Gasteiger partial charge in [-0.15, -0.1) is 0 Å². The fourth-order valence-corrected chi connectivity index (χ4v) is 3.32. The Labute approximate surface area is 133 Å². The van der Waals surface area contributed by atoms with Gasteiger partial charge in [-0.25, -0.2) is 13.2 Å². The number of carboxylic acid groups (broad SMARTS) is 1. The van der Waals surface area contributed by atoms with Gasteiger partial charge in [0.2, 0.25) is 0 Å². The smallest absolute Gasteiger partial charge is 0.341 e. The topological polar surface area (TPSA) is 80.7 Å². The molecule has 0 saturated carbocycles. The highest BCUT2D eigenvalue weighted by Gasteiger charge is 2.18. The Balaban J connectivity index is 2.26. The van der Waals surface area contributed by atoms with Crippen molar-refractivity contribution in [2.45, 2.75) is 10.6 Å². The summed E-state index contributed by atoms with van der Waals surface area (Å²) < 4.78 is 29.9. The lowest BCUT2D eigenvalue weighted by Gasteiger charge is -2.10. The third kappa shape index (κ3) is 4.22. The number of hydrogen-bond donors (Lipinski definition) is 1. The maximum absolute atomic E-state index is 12.4. The van der Waals surface area contributed by atoms with E-state index in [1.807, 2.05) is 0 Å². The predicted octanol–water partition coefficient (Wildman–Crippen LogP) is 2.78. The van der Waals surface area contributed by atoms with Gasteiger partial charge in [-0.3, -0.25) is 0 Å². The molecule has 0 aliphatic heterocycles. The average molecular weight is 341 g/mol. The fourth-order valence-electron chi connectivity index (χ4n) is 1.83. The molecule has 116 valence electrons. The number of aliphatic carboxylic acids is 1. The van der Waals surface area contributed by atoms with Crippen molar-refractivity contribution in [2.24, 2.45) is 0 Å². The molecule has 0 atom stereocenters. The van der Waals surface area contributed by atoms with Gasteiger partial charge >= 0.3 is 5.97 Å². The highest BCUT2D eigenvalue weighted by atomic mass is 35.5. The van der Waals surface area contributed by atoms with Gasteiger partial charge in [0.05, 0.1) is 10.6 Å².